The fraction of sp³-hybridized carbons (Fsp3) is 0.833. The highest BCUT2D eigenvalue weighted by Crippen LogP contribution is 1.90. The number of alkyl halides is 1. The zero-order chi connectivity index (χ0) is 7.98. The van der Waals surface area contributed by atoms with Gasteiger partial charge in [0.1, 0.15) is 5.38 Å². The number of nitrogens with one attached hydrogen (secondary N) is 1. The first-order valence-corrected chi connectivity index (χ1v) is 3.53. The normalized spacial score (nSPS) is 12.7. The molecule has 0 aromatic carbocycles. The Labute approximate surface area is 65.7 Å². The highest BCUT2D eigenvalue weighted by atomic mass is 35.5. The number of carbonyl (C=O) groups is 1. The van der Waals surface area contributed by atoms with E-state index in [0.717, 1.165) is 0 Å². The molecule has 1 N–H and O–H groups in total. The van der Waals surface area contributed by atoms with Gasteiger partial charge in [-0.2, -0.15) is 0 Å². The summed E-state index contributed by atoms with van der Waals surface area (Å²) < 4.78 is 4.71. The molecule has 1 amide bonds. The number of methoxy groups -OCH3 is 1. The van der Waals surface area contributed by atoms with Gasteiger partial charge in [0.25, 0.3) is 0 Å². The Morgan fingerprint density at radius 2 is 2.40 bits per heavy atom. The fourth-order valence-corrected chi connectivity index (χ4v) is 0.494. The zero-order valence-corrected chi connectivity index (χ0v) is 6.94. The van der Waals surface area contributed by atoms with E-state index in [0.29, 0.717) is 13.2 Å². The third kappa shape index (κ3) is 4.58. The van der Waals surface area contributed by atoms with Crippen LogP contribution in [0.25, 0.3) is 0 Å². The van der Waals surface area contributed by atoms with Crippen molar-refractivity contribution in [3.05, 3.63) is 0 Å². The molecule has 0 saturated heterocycles. The largest absolute Gasteiger partial charge is 0.383 e. The van der Waals surface area contributed by atoms with Crippen molar-refractivity contribution < 1.29 is 9.53 Å². The van der Waals surface area contributed by atoms with Gasteiger partial charge in [-0.25, -0.2) is 0 Å². The summed E-state index contributed by atoms with van der Waals surface area (Å²) in [5, 5.41) is 2.13. The van der Waals surface area contributed by atoms with E-state index in [1.165, 1.54) is 0 Å². The highest BCUT2D eigenvalue weighted by Gasteiger charge is 2.06. The molecule has 1 atom stereocenters. The molecule has 0 spiro atoms. The Morgan fingerprint density at radius 3 is 2.80 bits per heavy atom. The zero-order valence-electron chi connectivity index (χ0n) is 6.19. The van der Waals surface area contributed by atoms with Crippen LogP contribution in [0.4, 0.5) is 0 Å². The average molecular weight is 166 g/mol. The molecule has 0 aromatic heterocycles. The first-order chi connectivity index (χ1) is 4.68. The van der Waals surface area contributed by atoms with E-state index in [1.54, 1.807) is 14.0 Å². The third-order valence-corrected chi connectivity index (χ3v) is 1.16. The van der Waals surface area contributed by atoms with Crippen LogP contribution >= 0.6 is 11.6 Å². The minimum atomic E-state index is -0.461. The van der Waals surface area contributed by atoms with Crippen LogP contribution in [0.15, 0.2) is 0 Å². The molecule has 3 nitrogen and oxygen atoms in total. The van der Waals surface area contributed by atoms with Crippen molar-refractivity contribution in [2.45, 2.75) is 12.3 Å². The first kappa shape index (κ1) is 9.72. The minimum Gasteiger partial charge on any atom is -0.383 e. The number of hydrogen-bond donors (Lipinski definition) is 1. The van der Waals surface area contributed by atoms with Crippen LogP contribution in [0.5, 0.6) is 0 Å². The van der Waals surface area contributed by atoms with Crippen LogP contribution in [0.2, 0.25) is 0 Å². The van der Waals surface area contributed by atoms with Gasteiger partial charge in [0.2, 0.25) is 5.91 Å². The van der Waals surface area contributed by atoms with Gasteiger partial charge in [0.05, 0.1) is 6.61 Å². The number of halogens is 1. The van der Waals surface area contributed by atoms with Crippen molar-refractivity contribution >= 4 is 17.5 Å². The average Bonchev–Trinajstić information content (AvgIpc) is 1.88. The van der Waals surface area contributed by atoms with Crippen LogP contribution in [-0.2, 0) is 9.53 Å². The van der Waals surface area contributed by atoms with Crippen molar-refractivity contribution in [3.63, 3.8) is 0 Å². The Balaban J connectivity index is 3.22. The van der Waals surface area contributed by atoms with Crippen LogP contribution in [-0.4, -0.2) is 31.5 Å². The van der Waals surface area contributed by atoms with Gasteiger partial charge in [-0.05, 0) is 6.92 Å². The van der Waals surface area contributed by atoms with Crippen molar-refractivity contribution in [2.75, 3.05) is 20.3 Å². The van der Waals surface area contributed by atoms with E-state index in [9.17, 15) is 4.79 Å². The molecule has 4 heteroatoms. The Kier molecular flexibility index (Phi) is 5.35. The lowest BCUT2D eigenvalue weighted by Crippen LogP contribution is -2.32. The molecule has 0 bridgehead atoms. The second-order valence-electron chi connectivity index (χ2n) is 1.90. The summed E-state index contributed by atoms with van der Waals surface area (Å²) in [6.45, 7) is 2.67. The summed E-state index contributed by atoms with van der Waals surface area (Å²) in [5.74, 6) is -0.154. The minimum absolute atomic E-state index is 0.154. The number of hydrogen-bond acceptors (Lipinski definition) is 2. The maximum atomic E-state index is 10.7. The summed E-state index contributed by atoms with van der Waals surface area (Å²) in [4.78, 5) is 10.7. The van der Waals surface area contributed by atoms with Crippen molar-refractivity contribution in [1.29, 1.82) is 0 Å². The molecule has 10 heavy (non-hydrogen) atoms. The molecule has 0 radical (unpaired) electrons. The van der Waals surface area contributed by atoms with E-state index in [1.807, 2.05) is 0 Å². The molecule has 0 heterocycles. The monoisotopic (exact) mass is 165 g/mol. The molecule has 0 aliphatic heterocycles. The van der Waals surface area contributed by atoms with Crippen molar-refractivity contribution in [2.24, 2.45) is 0 Å². The van der Waals surface area contributed by atoms with Crippen LogP contribution in [0.1, 0.15) is 6.92 Å². The second kappa shape index (κ2) is 5.50. The molecular weight excluding hydrogens is 154 g/mol. The maximum absolute atomic E-state index is 10.7. The van der Waals surface area contributed by atoms with E-state index in [-0.39, 0.29) is 5.91 Å². The molecule has 0 rings (SSSR count). The molecule has 60 valence electrons. The fourth-order valence-electron chi connectivity index (χ4n) is 0.417. The number of ether oxygens (including phenoxy) is 1. The predicted molar refractivity (Wildman–Crippen MR) is 40.2 cm³/mol. The van der Waals surface area contributed by atoms with Gasteiger partial charge in [0.15, 0.2) is 0 Å². The van der Waals surface area contributed by atoms with Crippen molar-refractivity contribution in [1.82, 2.24) is 5.32 Å². The number of amides is 1. The van der Waals surface area contributed by atoms with Gasteiger partial charge in [0, 0.05) is 13.7 Å². The third-order valence-electron chi connectivity index (χ3n) is 0.967. The summed E-state index contributed by atoms with van der Waals surface area (Å²) in [6, 6.07) is 0. The molecule has 0 aliphatic carbocycles. The Morgan fingerprint density at radius 1 is 1.80 bits per heavy atom. The lowest BCUT2D eigenvalue weighted by Gasteiger charge is -2.04. The first-order valence-electron chi connectivity index (χ1n) is 3.09. The summed E-state index contributed by atoms with van der Waals surface area (Å²) in [7, 11) is 1.58. The van der Waals surface area contributed by atoms with Crippen molar-refractivity contribution in [3.8, 4) is 0 Å². The Hall–Kier alpha value is -0.280. The molecular formula is C6H12ClNO2. The maximum Gasteiger partial charge on any atom is 0.237 e. The standard InChI is InChI=1S/C6H12ClNO2/c1-5(7)6(9)8-3-4-10-2/h5H,3-4H2,1-2H3,(H,8,9)/t5-/m0/s1. The second-order valence-corrected chi connectivity index (χ2v) is 2.55. The van der Waals surface area contributed by atoms with Crippen LogP contribution < -0.4 is 5.32 Å². The van der Waals surface area contributed by atoms with Gasteiger partial charge in [-0.15, -0.1) is 11.6 Å². The lowest BCUT2D eigenvalue weighted by molar-refractivity contribution is -0.120. The van der Waals surface area contributed by atoms with Gasteiger partial charge in [-0.1, -0.05) is 0 Å². The molecule has 0 aromatic rings. The lowest BCUT2D eigenvalue weighted by atomic mass is 10.4. The number of carbonyl (C=O) groups excluding carboxylic acids is 1. The number of rotatable bonds is 4. The van der Waals surface area contributed by atoms with E-state index in [4.69, 9.17) is 16.3 Å². The van der Waals surface area contributed by atoms with E-state index < -0.39 is 5.38 Å². The summed E-state index contributed by atoms with van der Waals surface area (Å²) in [5.41, 5.74) is 0. The predicted octanol–water partition coefficient (Wildman–Crippen LogP) is 0.376. The van der Waals surface area contributed by atoms with Crippen LogP contribution in [0.3, 0.4) is 0 Å². The van der Waals surface area contributed by atoms with Gasteiger partial charge >= 0.3 is 0 Å². The topological polar surface area (TPSA) is 38.3 Å². The van der Waals surface area contributed by atoms with Gasteiger partial charge in [-0.3, -0.25) is 4.79 Å². The smallest absolute Gasteiger partial charge is 0.237 e. The van der Waals surface area contributed by atoms with E-state index >= 15 is 0 Å². The highest BCUT2D eigenvalue weighted by molar-refractivity contribution is 6.30. The van der Waals surface area contributed by atoms with Crippen LogP contribution in [0, 0.1) is 0 Å². The molecule has 0 fully saturated rings. The SMILES string of the molecule is COCCNC(=O)[C@H](C)Cl. The van der Waals surface area contributed by atoms with Gasteiger partial charge < -0.3 is 10.1 Å². The summed E-state index contributed by atoms with van der Waals surface area (Å²) in [6.07, 6.45) is 0. The quantitative estimate of drug-likeness (QED) is 0.483. The molecule has 0 unspecified atom stereocenters. The Bertz CT molecular complexity index is 106. The molecule has 0 saturated carbocycles. The summed E-state index contributed by atoms with van der Waals surface area (Å²) >= 11 is 5.45. The van der Waals surface area contributed by atoms with E-state index in [2.05, 4.69) is 5.32 Å². The molecule has 0 aliphatic rings.